The smallest absolute Gasteiger partial charge is 0.309 e. The number of pyridine rings is 1. The van der Waals surface area contributed by atoms with Gasteiger partial charge in [0.05, 0.1) is 41.7 Å². The topological polar surface area (TPSA) is 85.8 Å². The van der Waals surface area contributed by atoms with Crippen molar-refractivity contribution in [3.63, 3.8) is 0 Å². The predicted molar refractivity (Wildman–Crippen MR) is 119 cm³/mol. The number of imidazole rings is 2. The number of carbonyl (C=O) groups is 1. The minimum Gasteiger partial charge on any atom is -0.481 e. The van der Waals surface area contributed by atoms with Gasteiger partial charge in [0.1, 0.15) is 5.82 Å². The lowest BCUT2D eigenvalue weighted by Gasteiger charge is -2.13. The summed E-state index contributed by atoms with van der Waals surface area (Å²) < 4.78 is 5.26. The fourth-order valence-electron chi connectivity index (χ4n) is 3.37. The monoisotopic (exact) mass is 501 g/mol. The molecule has 0 amide bonds. The first kappa shape index (κ1) is 19.6. The van der Waals surface area contributed by atoms with Crippen LogP contribution in [0, 0.1) is 3.57 Å². The summed E-state index contributed by atoms with van der Waals surface area (Å²) in [6.07, 6.45) is 5.14. The number of nitrogens with zero attached hydrogens (tertiary/aromatic N) is 5. The Bertz CT molecular complexity index is 1180. The van der Waals surface area contributed by atoms with Gasteiger partial charge in [-0.05, 0) is 66.8 Å². The van der Waals surface area contributed by atoms with Crippen molar-refractivity contribution in [3.8, 4) is 11.4 Å². The minimum atomic E-state index is -0.888. The van der Waals surface area contributed by atoms with Gasteiger partial charge < -0.3 is 14.2 Å². The van der Waals surface area contributed by atoms with E-state index in [1.807, 2.05) is 22.9 Å². The second kappa shape index (κ2) is 7.94. The Morgan fingerprint density at radius 1 is 1.17 bits per heavy atom. The van der Waals surface area contributed by atoms with Gasteiger partial charge in [0.2, 0.25) is 0 Å². The number of carboxylic acids is 1. The highest BCUT2D eigenvalue weighted by Gasteiger charge is 2.15. The number of halogens is 1. The molecule has 1 N–H and O–H groups in total. The molecule has 0 spiro atoms. The first-order valence-electron chi connectivity index (χ1n) is 9.26. The van der Waals surface area contributed by atoms with Crippen LogP contribution in [0.3, 0.4) is 0 Å². The van der Waals surface area contributed by atoms with Crippen molar-refractivity contribution < 1.29 is 9.90 Å². The summed E-state index contributed by atoms with van der Waals surface area (Å²) in [4.78, 5) is 24.3. The molecule has 0 bridgehead atoms. The fourth-order valence-corrected chi connectivity index (χ4v) is 3.84. The van der Waals surface area contributed by atoms with Crippen molar-refractivity contribution in [3.05, 3.63) is 64.0 Å². The van der Waals surface area contributed by atoms with E-state index in [0.29, 0.717) is 12.2 Å². The van der Waals surface area contributed by atoms with Gasteiger partial charge >= 0.3 is 5.97 Å². The highest BCUT2D eigenvalue weighted by atomic mass is 127. The number of hydrogen-bond acceptors (Lipinski definition) is 4. The average molecular weight is 501 g/mol. The van der Waals surface area contributed by atoms with Crippen LogP contribution in [-0.2, 0) is 17.8 Å². The van der Waals surface area contributed by atoms with Gasteiger partial charge in [0, 0.05) is 27.6 Å². The lowest BCUT2D eigenvalue weighted by Crippen LogP contribution is -2.04. The third-order valence-corrected chi connectivity index (χ3v) is 5.29. The van der Waals surface area contributed by atoms with Crippen LogP contribution in [0.25, 0.3) is 22.4 Å². The number of benzene rings is 1. The zero-order valence-electron chi connectivity index (χ0n) is 16.1. The van der Waals surface area contributed by atoms with Crippen molar-refractivity contribution in [2.45, 2.75) is 32.9 Å². The van der Waals surface area contributed by atoms with E-state index in [2.05, 4.69) is 69.2 Å². The van der Waals surface area contributed by atoms with E-state index in [9.17, 15) is 4.79 Å². The summed E-state index contributed by atoms with van der Waals surface area (Å²) in [5.41, 5.74) is 4.47. The van der Waals surface area contributed by atoms with E-state index >= 15 is 0 Å². The summed E-state index contributed by atoms with van der Waals surface area (Å²) >= 11 is 2.32. The van der Waals surface area contributed by atoms with Crippen LogP contribution < -0.4 is 0 Å². The Labute approximate surface area is 181 Å². The van der Waals surface area contributed by atoms with Gasteiger partial charge in [-0.1, -0.05) is 0 Å². The van der Waals surface area contributed by atoms with Crippen LogP contribution in [0.5, 0.6) is 0 Å². The first-order chi connectivity index (χ1) is 13.9. The number of rotatable bonds is 6. The second-order valence-electron chi connectivity index (χ2n) is 7.18. The zero-order valence-corrected chi connectivity index (χ0v) is 18.2. The summed E-state index contributed by atoms with van der Waals surface area (Å²) in [6.45, 7) is 4.84. The highest BCUT2D eigenvalue weighted by molar-refractivity contribution is 14.1. The van der Waals surface area contributed by atoms with Crippen molar-refractivity contribution in [2.24, 2.45) is 0 Å². The van der Waals surface area contributed by atoms with Gasteiger partial charge in [-0.15, -0.1) is 0 Å². The molecule has 0 atom stereocenters. The zero-order chi connectivity index (χ0) is 20.5. The maximum Gasteiger partial charge on any atom is 0.309 e. The molecule has 7 nitrogen and oxygen atoms in total. The summed E-state index contributed by atoms with van der Waals surface area (Å²) in [7, 11) is 0. The second-order valence-corrected chi connectivity index (χ2v) is 8.42. The van der Waals surface area contributed by atoms with Crippen LogP contribution >= 0.6 is 22.6 Å². The number of hydrogen-bond donors (Lipinski definition) is 1. The molecule has 4 rings (SSSR count). The molecule has 0 saturated carbocycles. The maximum atomic E-state index is 10.8. The van der Waals surface area contributed by atoms with Gasteiger partial charge in [0.15, 0.2) is 0 Å². The van der Waals surface area contributed by atoms with E-state index < -0.39 is 5.97 Å². The molecular formula is C21H20IN5O2. The predicted octanol–water partition coefficient (Wildman–Crippen LogP) is 4.16. The highest BCUT2D eigenvalue weighted by Crippen LogP contribution is 2.29. The summed E-state index contributed by atoms with van der Waals surface area (Å²) in [6, 6.07) is 10.5. The standard InChI is InChI=1S/C21H20IN5O2/c1-13(2)27-19-7-15(22)4-6-18(19)25-21(27)14-3-5-16(23-9-14)10-26-11-17(24-12-26)8-20(28)29/h3-7,9,11-13H,8,10H2,1-2H3,(H,28,29). The molecular weight excluding hydrogens is 481 g/mol. The third-order valence-electron chi connectivity index (χ3n) is 4.61. The largest absolute Gasteiger partial charge is 0.481 e. The van der Waals surface area contributed by atoms with E-state index in [1.165, 1.54) is 3.57 Å². The molecule has 29 heavy (non-hydrogen) atoms. The Balaban J connectivity index is 1.62. The van der Waals surface area contributed by atoms with E-state index in [-0.39, 0.29) is 12.5 Å². The van der Waals surface area contributed by atoms with E-state index in [0.717, 1.165) is 28.1 Å². The van der Waals surface area contributed by atoms with Gasteiger partial charge in [-0.3, -0.25) is 9.78 Å². The number of carboxylic acid groups (broad SMARTS) is 1. The van der Waals surface area contributed by atoms with Crippen LogP contribution in [-0.4, -0.2) is 35.2 Å². The fraction of sp³-hybridized carbons (Fsp3) is 0.238. The SMILES string of the molecule is CC(C)n1c(-c2ccc(Cn3cnc(CC(=O)O)c3)nc2)nc2ccc(I)cc21. The molecule has 0 aliphatic heterocycles. The van der Waals surface area contributed by atoms with Gasteiger partial charge in [-0.2, -0.15) is 0 Å². The molecule has 3 aromatic heterocycles. The number of aliphatic carboxylic acids is 1. The average Bonchev–Trinajstić information content (AvgIpc) is 3.25. The Hall–Kier alpha value is -2.75. The molecule has 8 heteroatoms. The van der Waals surface area contributed by atoms with Gasteiger partial charge in [-0.25, -0.2) is 9.97 Å². The molecule has 0 saturated heterocycles. The molecule has 0 aliphatic carbocycles. The van der Waals surface area contributed by atoms with Crippen molar-refractivity contribution in [1.29, 1.82) is 0 Å². The Morgan fingerprint density at radius 3 is 2.69 bits per heavy atom. The lowest BCUT2D eigenvalue weighted by atomic mass is 10.2. The Morgan fingerprint density at radius 2 is 2.00 bits per heavy atom. The Kier molecular flexibility index (Phi) is 5.35. The quantitative estimate of drug-likeness (QED) is 0.402. The van der Waals surface area contributed by atoms with Gasteiger partial charge in [0.25, 0.3) is 0 Å². The van der Waals surface area contributed by atoms with E-state index in [4.69, 9.17) is 10.1 Å². The molecule has 0 fully saturated rings. The maximum absolute atomic E-state index is 10.8. The van der Waals surface area contributed by atoms with Crippen molar-refractivity contribution in [1.82, 2.24) is 24.1 Å². The first-order valence-corrected chi connectivity index (χ1v) is 10.3. The molecule has 0 unspecified atom stereocenters. The lowest BCUT2D eigenvalue weighted by molar-refractivity contribution is -0.136. The minimum absolute atomic E-state index is 0.0796. The van der Waals surface area contributed by atoms with Crippen molar-refractivity contribution >= 4 is 39.6 Å². The van der Waals surface area contributed by atoms with Crippen molar-refractivity contribution in [2.75, 3.05) is 0 Å². The van der Waals surface area contributed by atoms with Crippen LogP contribution in [0.1, 0.15) is 31.3 Å². The molecule has 4 aromatic rings. The third kappa shape index (κ3) is 4.16. The summed E-state index contributed by atoms with van der Waals surface area (Å²) in [5, 5.41) is 8.86. The van der Waals surface area contributed by atoms with Crippen LogP contribution in [0.15, 0.2) is 49.1 Å². The molecule has 3 heterocycles. The molecule has 0 radical (unpaired) electrons. The molecule has 1 aromatic carbocycles. The number of aromatic nitrogens is 5. The van der Waals surface area contributed by atoms with Crippen LogP contribution in [0.2, 0.25) is 0 Å². The summed E-state index contributed by atoms with van der Waals surface area (Å²) in [5.74, 6) is 0.0166. The van der Waals surface area contributed by atoms with E-state index in [1.54, 1.807) is 12.5 Å². The molecule has 148 valence electrons. The van der Waals surface area contributed by atoms with Crippen LogP contribution in [0.4, 0.5) is 0 Å². The molecule has 0 aliphatic rings. The normalized spacial score (nSPS) is 11.4. The number of fused-ring (bicyclic) bond motifs is 1.